The van der Waals surface area contributed by atoms with E-state index in [1.807, 2.05) is 0 Å². The molecule has 2 fully saturated rings. The molecule has 1 N–H and O–H groups in total. The fraction of sp³-hybridized carbons (Fsp3) is 0.875. The van der Waals surface area contributed by atoms with Gasteiger partial charge in [-0.1, -0.05) is 32.1 Å². The number of ether oxygens (including phenoxy) is 1. The molecule has 4 nitrogen and oxygen atoms in total. The van der Waals surface area contributed by atoms with Crippen LogP contribution in [-0.4, -0.2) is 25.0 Å². The van der Waals surface area contributed by atoms with Crippen molar-refractivity contribution in [2.24, 2.45) is 11.8 Å². The van der Waals surface area contributed by atoms with Gasteiger partial charge in [0.05, 0.1) is 7.11 Å². The quantitative estimate of drug-likeness (QED) is 0.788. The molecule has 0 saturated heterocycles. The molecule has 1 atom stereocenters. The van der Waals surface area contributed by atoms with Gasteiger partial charge in [-0.25, -0.2) is 4.79 Å². The van der Waals surface area contributed by atoms with Gasteiger partial charge in [0.1, 0.15) is 6.04 Å². The summed E-state index contributed by atoms with van der Waals surface area (Å²) in [6.45, 7) is 0. The minimum Gasteiger partial charge on any atom is -0.467 e. The molecule has 20 heavy (non-hydrogen) atoms. The zero-order valence-electron chi connectivity index (χ0n) is 12.5. The van der Waals surface area contributed by atoms with Crippen LogP contribution in [0.15, 0.2) is 0 Å². The van der Waals surface area contributed by atoms with Crippen molar-refractivity contribution in [3.05, 3.63) is 0 Å². The smallest absolute Gasteiger partial charge is 0.328 e. The van der Waals surface area contributed by atoms with E-state index in [1.165, 1.54) is 26.4 Å². The third kappa shape index (κ3) is 4.22. The SMILES string of the molecule is COC(=O)[C@@H](NC(=O)CC1CCCC1)C1CCCCC1. The lowest BCUT2D eigenvalue weighted by Crippen LogP contribution is -2.47. The van der Waals surface area contributed by atoms with Crippen LogP contribution < -0.4 is 5.32 Å². The van der Waals surface area contributed by atoms with Crippen molar-refractivity contribution in [3.8, 4) is 0 Å². The summed E-state index contributed by atoms with van der Waals surface area (Å²) in [6.07, 6.45) is 10.9. The van der Waals surface area contributed by atoms with Crippen LogP contribution in [0.1, 0.15) is 64.2 Å². The molecule has 2 aliphatic rings. The van der Waals surface area contributed by atoms with Gasteiger partial charge in [-0.05, 0) is 37.5 Å². The van der Waals surface area contributed by atoms with Crippen LogP contribution >= 0.6 is 0 Å². The Balaban J connectivity index is 1.88. The number of carbonyl (C=O) groups is 2. The van der Waals surface area contributed by atoms with E-state index in [0.29, 0.717) is 12.3 Å². The van der Waals surface area contributed by atoms with Crippen LogP contribution in [0, 0.1) is 11.8 Å². The first-order valence-corrected chi connectivity index (χ1v) is 8.08. The molecule has 1 amide bonds. The zero-order chi connectivity index (χ0) is 14.4. The number of esters is 1. The molecule has 4 heteroatoms. The Labute approximate surface area is 121 Å². The third-order valence-corrected chi connectivity index (χ3v) is 4.84. The average Bonchev–Trinajstić information content (AvgIpc) is 2.97. The summed E-state index contributed by atoms with van der Waals surface area (Å²) >= 11 is 0. The summed E-state index contributed by atoms with van der Waals surface area (Å²) in [4.78, 5) is 24.1. The standard InChI is InChI=1S/C16H27NO3/c1-20-16(19)15(13-9-3-2-4-10-13)17-14(18)11-12-7-5-6-8-12/h12-13,15H,2-11H2,1H3,(H,17,18)/t15-/m0/s1. The fourth-order valence-corrected chi connectivity index (χ4v) is 3.67. The molecule has 0 radical (unpaired) electrons. The van der Waals surface area contributed by atoms with Crippen molar-refractivity contribution in [1.29, 1.82) is 0 Å². The highest BCUT2D eigenvalue weighted by Gasteiger charge is 2.32. The first kappa shape index (κ1) is 15.3. The van der Waals surface area contributed by atoms with E-state index in [0.717, 1.165) is 38.5 Å². The van der Waals surface area contributed by atoms with Crippen LogP contribution in [-0.2, 0) is 14.3 Å². The monoisotopic (exact) mass is 281 g/mol. The number of rotatable bonds is 5. The van der Waals surface area contributed by atoms with E-state index in [2.05, 4.69) is 5.32 Å². The van der Waals surface area contributed by atoms with Crippen molar-refractivity contribution in [2.45, 2.75) is 70.3 Å². The highest BCUT2D eigenvalue weighted by molar-refractivity contribution is 5.84. The molecule has 0 aliphatic heterocycles. The van der Waals surface area contributed by atoms with Crippen molar-refractivity contribution < 1.29 is 14.3 Å². The number of methoxy groups -OCH3 is 1. The molecule has 2 aliphatic carbocycles. The van der Waals surface area contributed by atoms with E-state index in [4.69, 9.17) is 4.74 Å². The lowest BCUT2D eigenvalue weighted by atomic mass is 9.83. The molecule has 0 aromatic heterocycles. The lowest BCUT2D eigenvalue weighted by molar-refractivity contribution is -0.147. The van der Waals surface area contributed by atoms with Crippen molar-refractivity contribution >= 4 is 11.9 Å². The van der Waals surface area contributed by atoms with E-state index in [1.54, 1.807) is 0 Å². The summed E-state index contributed by atoms with van der Waals surface area (Å²) in [6, 6.07) is -0.436. The fourth-order valence-electron chi connectivity index (χ4n) is 3.67. The maximum atomic E-state index is 12.2. The summed E-state index contributed by atoms with van der Waals surface area (Å²) in [5.74, 6) is 0.512. The zero-order valence-corrected chi connectivity index (χ0v) is 12.5. The van der Waals surface area contributed by atoms with Gasteiger partial charge in [0.25, 0.3) is 0 Å². The molecular weight excluding hydrogens is 254 g/mol. The van der Waals surface area contributed by atoms with E-state index >= 15 is 0 Å². The minimum atomic E-state index is -0.436. The van der Waals surface area contributed by atoms with Crippen LogP contribution in [0.25, 0.3) is 0 Å². The Morgan fingerprint density at radius 2 is 1.65 bits per heavy atom. The number of hydrogen-bond acceptors (Lipinski definition) is 3. The van der Waals surface area contributed by atoms with Gasteiger partial charge in [-0.2, -0.15) is 0 Å². The second-order valence-electron chi connectivity index (χ2n) is 6.32. The Bertz CT molecular complexity index is 331. The number of hydrogen-bond donors (Lipinski definition) is 1. The molecular formula is C16H27NO3. The minimum absolute atomic E-state index is 0.0258. The van der Waals surface area contributed by atoms with Crippen LogP contribution in [0.3, 0.4) is 0 Å². The molecule has 0 aromatic rings. The molecule has 0 heterocycles. The van der Waals surface area contributed by atoms with Crippen molar-refractivity contribution in [1.82, 2.24) is 5.32 Å². The van der Waals surface area contributed by atoms with Gasteiger partial charge in [0.2, 0.25) is 5.91 Å². The summed E-state index contributed by atoms with van der Waals surface area (Å²) < 4.78 is 4.88. The van der Waals surface area contributed by atoms with Crippen LogP contribution in [0.5, 0.6) is 0 Å². The summed E-state index contributed by atoms with van der Waals surface area (Å²) in [5, 5.41) is 2.95. The predicted molar refractivity (Wildman–Crippen MR) is 77.1 cm³/mol. The summed E-state index contributed by atoms with van der Waals surface area (Å²) in [5.41, 5.74) is 0. The number of nitrogens with one attached hydrogen (secondary N) is 1. The molecule has 2 rings (SSSR count). The Kier molecular flexibility index (Phi) is 5.86. The Morgan fingerprint density at radius 1 is 1.05 bits per heavy atom. The molecule has 0 bridgehead atoms. The van der Waals surface area contributed by atoms with E-state index in [9.17, 15) is 9.59 Å². The predicted octanol–water partition coefficient (Wildman–Crippen LogP) is 2.80. The second-order valence-corrected chi connectivity index (χ2v) is 6.32. The molecule has 0 unspecified atom stereocenters. The molecule has 0 aromatic carbocycles. The topological polar surface area (TPSA) is 55.4 Å². The van der Waals surface area contributed by atoms with Crippen LogP contribution in [0.2, 0.25) is 0 Å². The lowest BCUT2D eigenvalue weighted by Gasteiger charge is -2.29. The number of carbonyl (C=O) groups excluding carboxylic acids is 2. The Morgan fingerprint density at radius 3 is 2.25 bits per heavy atom. The van der Waals surface area contributed by atoms with Gasteiger partial charge in [-0.15, -0.1) is 0 Å². The van der Waals surface area contributed by atoms with Crippen molar-refractivity contribution in [3.63, 3.8) is 0 Å². The second kappa shape index (κ2) is 7.65. The maximum absolute atomic E-state index is 12.2. The molecule has 2 saturated carbocycles. The molecule has 0 spiro atoms. The largest absolute Gasteiger partial charge is 0.467 e. The summed E-state index contributed by atoms with van der Waals surface area (Å²) in [7, 11) is 1.40. The first-order chi connectivity index (χ1) is 9.70. The van der Waals surface area contributed by atoms with Gasteiger partial charge in [-0.3, -0.25) is 4.79 Å². The van der Waals surface area contributed by atoms with E-state index < -0.39 is 6.04 Å². The van der Waals surface area contributed by atoms with Gasteiger partial charge in [0.15, 0.2) is 0 Å². The third-order valence-electron chi connectivity index (χ3n) is 4.84. The number of amides is 1. The average molecular weight is 281 g/mol. The van der Waals surface area contributed by atoms with Gasteiger partial charge < -0.3 is 10.1 Å². The maximum Gasteiger partial charge on any atom is 0.328 e. The van der Waals surface area contributed by atoms with E-state index in [-0.39, 0.29) is 17.8 Å². The van der Waals surface area contributed by atoms with Gasteiger partial charge >= 0.3 is 5.97 Å². The highest BCUT2D eigenvalue weighted by atomic mass is 16.5. The molecule has 114 valence electrons. The first-order valence-electron chi connectivity index (χ1n) is 8.08. The van der Waals surface area contributed by atoms with Crippen molar-refractivity contribution in [2.75, 3.05) is 7.11 Å². The van der Waals surface area contributed by atoms with Gasteiger partial charge in [0, 0.05) is 6.42 Å². The Hall–Kier alpha value is -1.06. The van der Waals surface area contributed by atoms with Crippen LogP contribution in [0.4, 0.5) is 0 Å². The normalized spacial score (nSPS) is 22.4. The highest BCUT2D eigenvalue weighted by Crippen LogP contribution is 2.29.